The first kappa shape index (κ1) is 20.2. The van der Waals surface area contributed by atoms with Gasteiger partial charge in [0.2, 0.25) is 17.8 Å². The molecule has 8 nitrogen and oxygen atoms in total. The van der Waals surface area contributed by atoms with Crippen molar-refractivity contribution in [3.63, 3.8) is 0 Å². The van der Waals surface area contributed by atoms with Crippen LogP contribution < -0.4 is 4.90 Å². The molecule has 8 heteroatoms. The predicted molar refractivity (Wildman–Crippen MR) is 108 cm³/mol. The number of rotatable bonds is 6. The van der Waals surface area contributed by atoms with Crippen molar-refractivity contribution < 1.29 is 14.7 Å². The van der Waals surface area contributed by atoms with E-state index in [9.17, 15) is 14.7 Å². The Morgan fingerprint density at radius 2 is 1.66 bits per heavy atom. The van der Waals surface area contributed by atoms with Crippen LogP contribution in [0, 0.1) is 5.41 Å². The molecule has 3 aliphatic rings. The topological polar surface area (TPSA) is 89.9 Å². The second kappa shape index (κ2) is 8.75. The van der Waals surface area contributed by atoms with Gasteiger partial charge in [0.05, 0.1) is 6.10 Å². The molecule has 1 aromatic heterocycles. The number of carbonyl (C=O) groups is 2. The van der Waals surface area contributed by atoms with E-state index in [4.69, 9.17) is 0 Å². The van der Waals surface area contributed by atoms with Crippen molar-refractivity contribution in [1.82, 2.24) is 19.8 Å². The van der Waals surface area contributed by atoms with Gasteiger partial charge in [0.15, 0.2) is 0 Å². The number of unbranched alkanes of at least 4 members (excludes halogenated alkanes) is 1. The van der Waals surface area contributed by atoms with Crippen LogP contribution in [0.5, 0.6) is 0 Å². The molecule has 158 valence electrons. The summed E-state index contributed by atoms with van der Waals surface area (Å²) in [6.45, 7) is 5.25. The Labute approximate surface area is 171 Å². The molecule has 29 heavy (non-hydrogen) atoms. The van der Waals surface area contributed by atoms with Crippen LogP contribution in [0.2, 0.25) is 0 Å². The highest BCUT2D eigenvalue weighted by molar-refractivity contribution is 5.98. The highest BCUT2D eigenvalue weighted by Gasteiger charge is 2.50. The van der Waals surface area contributed by atoms with Gasteiger partial charge in [-0.2, -0.15) is 0 Å². The summed E-state index contributed by atoms with van der Waals surface area (Å²) in [6.07, 6.45) is 7.89. The third-order valence-electron chi connectivity index (χ3n) is 6.78. The van der Waals surface area contributed by atoms with E-state index >= 15 is 0 Å². The average molecular weight is 402 g/mol. The molecule has 1 N–H and O–H groups in total. The van der Waals surface area contributed by atoms with Crippen molar-refractivity contribution in [2.75, 3.05) is 44.2 Å². The van der Waals surface area contributed by atoms with E-state index in [-0.39, 0.29) is 11.8 Å². The maximum absolute atomic E-state index is 12.5. The number of imide groups is 1. The second-order valence-corrected chi connectivity index (χ2v) is 8.65. The SMILES string of the molecule is O=C1CC2(CCCC2O)CC(=O)N1CCCCN1CCN(c2ncccn2)CC1. The number of likely N-dealkylation sites (tertiary alicyclic amines) is 1. The quantitative estimate of drug-likeness (QED) is 0.563. The molecule has 1 spiro atoms. The van der Waals surface area contributed by atoms with E-state index in [2.05, 4.69) is 19.8 Å². The number of anilines is 1. The summed E-state index contributed by atoms with van der Waals surface area (Å²) < 4.78 is 0. The molecule has 1 saturated carbocycles. The number of hydrogen-bond donors (Lipinski definition) is 1. The van der Waals surface area contributed by atoms with E-state index in [1.165, 1.54) is 4.90 Å². The first-order valence-corrected chi connectivity index (χ1v) is 10.8. The Hall–Kier alpha value is -2.06. The van der Waals surface area contributed by atoms with Crippen molar-refractivity contribution in [2.24, 2.45) is 5.41 Å². The van der Waals surface area contributed by atoms with Gasteiger partial charge in [-0.1, -0.05) is 6.42 Å². The molecular formula is C21H31N5O3. The summed E-state index contributed by atoms with van der Waals surface area (Å²) in [5.74, 6) is 0.594. The average Bonchev–Trinajstić information content (AvgIpc) is 3.07. The van der Waals surface area contributed by atoms with Crippen LogP contribution in [0.3, 0.4) is 0 Å². The largest absolute Gasteiger partial charge is 0.393 e. The van der Waals surface area contributed by atoms with Crippen LogP contribution in [0.25, 0.3) is 0 Å². The second-order valence-electron chi connectivity index (χ2n) is 8.65. The highest BCUT2D eigenvalue weighted by atomic mass is 16.3. The van der Waals surface area contributed by atoms with Gasteiger partial charge in [0, 0.05) is 63.4 Å². The molecule has 1 aromatic rings. The molecular weight excluding hydrogens is 370 g/mol. The van der Waals surface area contributed by atoms with Crippen molar-refractivity contribution in [2.45, 2.75) is 51.0 Å². The normalized spacial score (nSPS) is 25.2. The lowest BCUT2D eigenvalue weighted by molar-refractivity contribution is -0.156. The van der Waals surface area contributed by atoms with Gasteiger partial charge in [-0.05, 0) is 38.3 Å². The van der Waals surface area contributed by atoms with E-state index in [0.29, 0.717) is 25.8 Å². The Morgan fingerprint density at radius 1 is 1.00 bits per heavy atom. The zero-order chi connectivity index (χ0) is 20.3. The van der Waals surface area contributed by atoms with Gasteiger partial charge in [-0.15, -0.1) is 0 Å². The summed E-state index contributed by atoms with van der Waals surface area (Å²) in [6, 6.07) is 1.83. The van der Waals surface area contributed by atoms with Gasteiger partial charge in [0.25, 0.3) is 0 Å². The van der Waals surface area contributed by atoms with Crippen LogP contribution >= 0.6 is 0 Å². The molecule has 0 radical (unpaired) electrons. The maximum atomic E-state index is 12.5. The molecule has 0 bridgehead atoms. The molecule has 3 heterocycles. The van der Waals surface area contributed by atoms with Gasteiger partial charge in [0.1, 0.15) is 0 Å². The first-order chi connectivity index (χ1) is 14.1. The minimum atomic E-state index is -0.502. The lowest BCUT2D eigenvalue weighted by Crippen LogP contribution is -2.50. The molecule has 1 atom stereocenters. The molecule has 4 rings (SSSR count). The Balaban J connectivity index is 1.17. The highest BCUT2D eigenvalue weighted by Crippen LogP contribution is 2.47. The standard InChI is InChI=1S/C21H31N5O3/c27-17-5-3-6-21(17)15-18(28)26(19(29)16-21)10-2-1-9-24-11-13-25(14-12-24)20-22-7-4-8-23-20/h4,7-8,17,27H,1-3,5-6,9-16H2. The molecule has 2 aliphatic heterocycles. The summed E-state index contributed by atoms with van der Waals surface area (Å²) in [4.78, 5) is 39.8. The van der Waals surface area contributed by atoms with Crippen LogP contribution in [0.15, 0.2) is 18.5 Å². The smallest absolute Gasteiger partial charge is 0.229 e. The van der Waals surface area contributed by atoms with E-state index in [0.717, 1.165) is 64.4 Å². The minimum Gasteiger partial charge on any atom is -0.393 e. The molecule has 1 unspecified atom stereocenters. The summed E-state index contributed by atoms with van der Waals surface area (Å²) >= 11 is 0. The molecule has 0 aromatic carbocycles. The molecule has 2 amide bonds. The zero-order valence-corrected chi connectivity index (χ0v) is 17.0. The number of hydrogen-bond acceptors (Lipinski definition) is 7. The molecule has 3 fully saturated rings. The van der Waals surface area contributed by atoms with Crippen molar-refractivity contribution in [3.05, 3.63) is 18.5 Å². The van der Waals surface area contributed by atoms with E-state index in [1.807, 2.05) is 6.07 Å². The summed E-state index contributed by atoms with van der Waals surface area (Å²) in [5, 5.41) is 10.2. The third-order valence-corrected chi connectivity index (χ3v) is 6.78. The number of nitrogens with zero attached hydrogens (tertiary/aromatic N) is 5. The number of aromatic nitrogens is 2. The van der Waals surface area contributed by atoms with Crippen LogP contribution in [0.4, 0.5) is 5.95 Å². The fourth-order valence-electron chi connectivity index (χ4n) is 5.01. The Kier molecular flexibility index (Phi) is 6.10. The van der Waals surface area contributed by atoms with Crippen LogP contribution in [-0.2, 0) is 9.59 Å². The van der Waals surface area contributed by atoms with Crippen molar-refractivity contribution in [3.8, 4) is 0 Å². The fraction of sp³-hybridized carbons (Fsp3) is 0.714. The molecule has 1 aliphatic carbocycles. The number of aliphatic hydroxyl groups excluding tert-OH is 1. The van der Waals surface area contributed by atoms with Crippen LogP contribution in [-0.4, -0.2) is 82.1 Å². The Morgan fingerprint density at radius 3 is 2.28 bits per heavy atom. The Bertz CT molecular complexity index is 702. The fourth-order valence-corrected chi connectivity index (χ4v) is 5.01. The van der Waals surface area contributed by atoms with Gasteiger partial charge < -0.3 is 10.0 Å². The van der Waals surface area contributed by atoms with Gasteiger partial charge in [-0.3, -0.25) is 19.4 Å². The van der Waals surface area contributed by atoms with Gasteiger partial charge >= 0.3 is 0 Å². The molecule has 2 saturated heterocycles. The minimum absolute atomic E-state index is 0.0984. The number of piperazine rings is 1. The first-order valence-electron chi connectivity index (χ1n) is 10.8. The van der Waals surface area contributed by atoms with E-state index < -0.39 is 11.5 Å². The maximum Gasteiger partial charge on any atom is 0.229 e. The third kappa shape index (κ3) is 4.43. The number of carbonyl (C=O) groups excluding carboxylic acids is 2. The summed E-state index contributed by atoms with van der Waals surface area (Å²) in [5.41, 5.74) is -0.479. The van der Waals surface area contributed by atoms with Crippen molar-refractivity contribution >= 4 is 17.8 Å². The lowest BCUT2D eigenvalue weighted by Gasteiger charge is -2.39. The number of amides is 2. The zero-order valence-electron chi connectivity index (χ0n) is 17.0. The van der Waals surface area contributed by atoms with Gasteiger partial charge in [-0.25, -0.2) is 9.97 Å². The monoisotopic (exact) mass is 401 g/mol. The van der Waals surface area contributed by atoms with Crippen LogP contribution in [0.1, 0.15) is 44.9 Å². The predicted octanol–water partition coefficient (Wildman–Crippen LogP) is 1.06. The lowest BCUT2D eigenvalue weighted by atomic mass is 9.74. The summed E-state index contributed by atoms with van der Waals surface area (Å²) in [7, 11) is 0. The van der Waals surface area contributed by atoms with E-state index in [1.54, 1.807) is 12.4 Å². The number of piperidine rings is 1. The van der Waals surface area contributed by atoms with Crippen molar-refractivity contribution in [1.29, 1.82) is 0 Å². The number of aliphatic hydroxyl groups is 1.